The van der Waals surface area contributed by atoms with Gasteiger partial charge < -0.3 is 15.2 Å². The number of hydrogen-bond acceptors (Lipinski definition) is 3. The molecule has 0 unspecified atom stereocenters. The minimum atomic E-state index is 0. The molecule has 0 spiro atoms. The Hall–Kier alpha value is -2.13. The van der Waals surface area contributed by atoms with Crippen molar-refractivity contribution in [3.8, 4) is 11.5 Å². The van der Waals surface area contributed by atoms with Gasteiger partial charge in [-0.15, -0.1) is 11.5 Å². The zero-order valence-electron chi connectivity index (χ0n) is 11.0. The molecular formula is C15H14N2O2Zn. The van der Waals surface area contributed by atoms with Gasteiger partial charge in [0.05, 0.1) is 6.33 Å². The van der Waals surface area contributed by atoms with Gasteiger partial charge in [-0.3, -0.25) is 0 Å². The first-order valence-corrected chi connectivity index (χ1v) is 5.66. The third kappa shape index (κ3) is 9.86. The van der Waals surface area contributed by atoms with E-state index in [0.717, 1.165) is 0 Å². The molecule has 5 heteroatoms. The van der Waals surface area contributed by atoms with Crippen LogP contribution in [0.3, 0.4) is 0 Å². The van der Waals surface area contributed by atoms with Crippen LogP contribution in [0.25, 0.3) is 0 Å². The number of hydrogen-bond donors (Lipinski definition) is 1. The third-order valence-corrected chi connectivity index (χ3v) is 1.89. The number of aromatic nitrogens is 2. The molecule has 0 amide bonds. The third-order valence-electron chi connectivity index (χ3n) is 1.89. The van der Waals surface area contributed by atoms with Gasteiger partial charge in [0.25, 0.3) is 0 Å². The first kappa shape index (κ1) is 17.9. The minimum absolute atomic E-state index is 0. The van der Waals surface area contributed by atoms with E-state index in [4.69, 9.17) is 0 Å². The summed E-state index contributed by atoms with van der Waals surface area (Å²) in [5, 5.41) is 20.5. The Bertz CT molecular complexity index is 461. The van der Waals surface area contributed by atoms with Crippen LogP contribution >= 0.6 is 0 Å². The maximum Gasteiger partial charge on any atom is 2.00 e. The van der Waals surface area contributed by atoms with Crippen molar-refractivity contribution in [2.24, 2.45) is 0 Å². The molecule has 0 aliphatic carbocycles. The van der Waals surface area contributed by atoms with Crippen LogP contribution in [0, 0.1) is 0 Å². The molecule has 1 N–H and O–H groups in total. The number of aromatic amines is 1. The van der Waals surface area contributed by atoms with Crippen LogP contribution in [0.4, 0.5) is 0 Å². The minimum Gasteiger partial charge on any atom is -0.872 e. The van der Waals surface area contributed by atoms with Crippen molar-refractivity contribution in [2.45, 2.75) is 0 Å². The number of para-hydroxylation sites is 2. The summed E-state index contributed by atoms with van der Waals surface area (Å²) in [5.41, 5.74) is 0. The maximum absolute atomic E-state index is 10.3. The molecule has 20 heavy (non-hydrogen) atoms. The Balaban J connectivity index is 0.000000268. The van der Waals surface area contributed by atoms with Gasteiger partial charge in [-0.05, 0) is 0 Å². The van der Waals surface area contributed by atoms with Crippen molar-refractivity contribution in [1.29, 1.82) is 0 Å². The van der Waals surface area contributed by atoms with Crippen molar-refractivity contribution in [3.63, 3.8) is 0 Å². The molecule has 0 fully saturated rings. The fourth-order valence-electron chi connectivity index (χ4n) is 1.06. The first-order chi connectivity index (χ1) is 9.29. The summed E-state index contributed by atoms with van der Waals surface area (Å²) in [6.45, 7) is 0. The summed E-state index contributed by atoms with van der Waals surface area (Å²) >= 11 is 0. The van der Waals surface area contributed by atoms with E-state index in [9.17, 15) is 10.2 Å². The Kier molecular flexibility index (Phi) is 10.7. The van der Waals surface area contributed by atoms with Crippen LogP contribution in [0.2, 0.25) is 0 Å². The molecule has 1 aromatic heterocycles. The van der Waals surface area contributed by atoms with Crippen molar-refractivity contribution < 1.29 is 29.7 Å². The molecule has 0 saturated heterocycles. The van der Waals surface area contributed by atoms with Crippen LogP contribution < -0.4 is 10.2 Å². The molecule has 98 valence electrons. The van der Waals surface area contributed by atoms with Gasteiger partial charge in [0.15, 0.2) is 0 Å². The van der Waals surface area contributed by atoms with E-state index in [-0.39, 0.29) is 31.0 Å². The SMILES string of the molecule is [O-]c1ccccc1.[O-]c1ccccc1.[Zn+2].c1c[nH]cn1. The topological polar surface area (TPSA) is 74.8 Å². The fourth-order valence-corrected chi connectivity index (χ4v) is 1.06. The average Bonchev–Trinajstić information content (AvgIpc) is 3.00. The van der Waals surface area contributed by atoms with Crippen molar-refractivity contribution in [1.82, 2.24) is 9.97 Å². The normalized spacial score (nSPS) is 8.00. The molecule has 4 nitrogen and oxygen atoms in total. The summed E-state index contributed by atoms with van der Waals surface area (Å²) in [7, 11) is 0. The summed E-state index contributed by atoms with van der Waals surface area (Å²) in [5.74, 6) is 0.144. The first-order valence-electron chi connectivity index (χ1n) is 5.66. The summed E-state index contributed by atoms with van der Waals surface area (Å²) in [4.78, 5) is 6.42. The quantitative estimate of drug-likeness (QED) is 0.643. The number of nitrogens with one attached hydrogen (secondary N) is 1. The second-order valence-corrected chi connectivity index (χ2v) is 3.39. The molecule has 0 bridgehead atoms. The van der Waals surface area contributed by atoms with Gasteiger partial charge in [0.2, 0.25) is 0 Å². The Labute approximate surface area is 130 Å². The monoisotopic (exact) mass is 318 g/mol. The van der Waals surface area contributed by atoms with Gasteiger partial charge in [-0.2, -0.15) is 0 Å². The van der Waals surface area contributed by atoms with Crippen LogP contribution in [0.5, 0.6) is 11.5 Å². The van der Waals surface area contributed by atoms with Crippen molar-refractivity contribution in [2.75, 3.05) is 0 Å². The summed E-state index contributed by atoms with van der Waals surface area (Å²) in [6, 6.07) is 16.7. The molecule has 3 aromatic rings. The van der Waals surface area contributed by atoms with Crippen LogP contribution in [0.15, 0.2) is 79.4 Å². The van der Waals surface area contributed by atoms with E-state index in [1.165, 1.54) is 24.3 Å². The zero-order valence-corrected chi connectivity index (χ0v) is 13.9. The zero-order chi connectivity index (χ0) is 13.8. The number of rotatable bonds is 0. The Morgan fingerprint density at radius 1 is 0.750 bits per heavy atom. The van der Waals surface area contributed by atoms with Gasteiger partial charge in [-0.25, -0.2) is 4.98 Å². The molecule has 1 heterocycles. The molecule has 3 rings (SSSR count). The number of imidazole rings is 1. The van der Waals surface area contributed by atoms with Gasteiger partial charge in [-0.1, -0.05) is 60.7 Å². The molecule has 0 atom stereocenters. The van der Waals surface area contributed by atoms with Crippen LogP contribution in [0.1, 0.15) is 0 Å². The van der Waals surface area contributed by atoms with Gasteiger partial charge >= 0.3 is 19.5 Å². The summed E-state index contributed by atoms with van der Waals surface area (Å²) in [6.07, 6.45) is 5.08. The molecule has 0 radical (unpaired) electrons. The van der Waals surface area contributed by atoms with E-state index in [0.29, 0.717) is 0 Å². The molecule has 2 aromatic carbocycles. The number of benzene rings is 2. The van der Waals surface area contributed by atoms with E-state index in [2.05, 4.69) is 9.97 Å². The van der Waals surface area contributed by atoms with E-state index in [1.807, 2.05) is 12.1 Å². The molecule has 0 aliphatic heterocycles. The number of nitrogens with zero attached hydrogens (tertiary/aromatic N) is 1. The number of H-pyrrole nitrogens is 1. The van der Waals surface area contributed by atoms with Crippen molar-refractivity contribution >= 4 is 0 Å². The summed E-state index contributed by atoms with van der Waals surface area (Å²) < 4.78 is 0. The van der Waals surface area contributed by atoms with E-state index < -0.39 is 0 Å². The average molecular weight is 320 g/mol. The molecule has 0 aliphatic rings. The second-order valence-electron chi connectivity index (χ2n) is 3.39. The smallest absolute Gasteiger partial charge is 0.872 e. The molecular weight excluding hydrogens is 306 g/mol. The van der Waals surface area contributed by atoms with E-state index >= 15 is 0 Å². The predicted molar refractivity (Wildman–Crippen MR) is 70.4 cm³/mol. The van der Waals surface area contributed by atoms with Crippen LogP contribution in [-0.2, 0) is 19.5 Å². The second kappa shape index (κ2) is 11.9. The standard InChI is InChI=1S/2C6H6O.C3H4N2.Zn/c2*7-6-4-2-1-3-5-6;1-2-5-3-4-1;/h2*1-5,7H;1-3H,(H,4,5);/q;;;+2/p-2. The van der Waals surface area contributed by atoms with Crippen LogP contribution in [-0.4, -0.2) is 9.97 Å². The van der Waals surface area contributed by atoms with E-state index in [1.54, 1.807) is 43.0 Å². The predicted octanol–water partition coefficient (Wildman–Crippen LogP) is 1.93. The molecule has 0 saturated carbocycles. The van der Waals surface area contributed by atoms with Gasteiger partial charge in [0, 0.05) is 12.4 Å². The Morgan fingerprint density at radius 3 is 1.35 bits per heavy atom. The largest absolute Gasteiger partial charge is 2.00 e. The maximum atomic E-state index is 10.3. The van der Waals surface area contributed by atoms with Crippen molar-refractivity contribution in [3.05, 3.63) is 79.4 Å². The van der Waals surface area contributed by atoms with Gasteiger partial charge in [0.1, 0.15) is 0 Å². The Morgan fingerprint density at radius 2 is 1.20 bits per heavy atom. The fraction of sp³-hybridized carbons (Fsp3) is 0.